The van der Waals surface area contributed by atoms with Crippen LogP contribution in [0.5, 0.6) is 0 Å². The first-order valence-electron chi connectivity index (χ1n) is 6.87. The summed E-state index contributed by atoms with van der Waals surface area (Å²) in [5, 5.41) is 4.38. The van der Waals surface area contributed by atoms with Crippen LogP contribution < -0.4 is 11.3 Å². The smallest absolute Gasteiger partial charge is 0.0880 e. The molecule has 0 saturated heterocycles. The summed E-state index contributed by atoms with van der Waals surface area (Å²) in [5.41, 5.74) is 6.59. The van der Waals surface area contributed by atoms with Crippen LogP contribution in [0.4, 0.5) is 0 Å². The Morgan fingerprint density at radius 1 is 1.26 bits per heavy atom. The van der Waals surface area contributed by atoms with Crippen molar-refractivity contribution in [1.82, 2.24) is 15.2 Å². The van der Waals surface area contributed by atoms with Crippen LogP contribution in [0.3, 0.4) is 0 Å². The standard InChI is InChI=1S/C15H22N4/c1-3-11-19-14(9-10-17-19)15(18-16)13-8-6-5-7-12(13)4-2/h5-10,15,18H,3-4,11,16H2,1-2H3. The molecule has 1 heterocycles. The van der Waals surface area contributed by atoms with E-state index >= 15 is 0 Å². The van der Waals surface area contributed by atoms with Crippen molar-refractivity contribution in [2.75, 3.05) is 0 Å². The summed E-state index contributed by atoms with van der Waals surface area (Å²) in [7, 11) is 0. The predicted octanol–water partition coefficient (Wildman–Crippen LogP) is 2.41. The van der Waals surface area contributed by atoms with E-state index in [9.17, 15) is 0 Å². The molecular formula is C15H22N4. The number of rotatable bonds is 6. The van der Waals surface area contributed by atoms with Crippen LogP contribution >= 0.6 is 0 Å². The summed E-state index contributed by atoms with van der Waals surface area (Å²) in [5.74, 6) is 5.79. The number of hydrogen-bond donors (Lipinski definition) is 2. The highest BCUT2D eigenvalue weighted by molar-refractivity contribution is 5.35. The second-order valence-electron chi connectivity index (χ2n) is 4.63. The fourth-order valence-electron chi connectivity index (χ4n) is 2.46. The summed E-state index contributed by atoms with van der Waals surface area (Å²) in [6.45, 7) is 5.22. The minimum atomic E-state index is -0.00907. The Morgan fingerprint density at radius 3 is 2.74 bits per heavy atom. The molecule has 2 aromatic rings. The zero-order valence-corrected chi connectivity index (χ0v) is 11.6. The monoisotopic (exact) mass is 258 g/mol. The van der Waals surface area contributed by atoms with E-state index in [2.05, 4.69) is 48.6 Å². The summed E-state index contributed by atoms with van der Waals surface area (Å²) in [6, 6.07) is 10.4. The van der Waals surface area contributed by atoms with Gasteiger partial charge < -0.3 is 0 Å². The minimum absolute atomic E-state index is 0.00907. The first-order valence-corrected chi connectivity index (χ1v) is 6.87. The van der Waals surface area contributed by atoms with E-state index in [1.165, 1.54) is 11.1 Å². The van der Waals surface area contributed by atoms with Gasteiger partial charge in [0, 0.05) is 12.7 Å². The lowest BCUT2D eigenvalue weighted by molar-refractivity contribution is 0.519. The molecule has 4 nitrogen and oxygen atoms in total. The molecule has 1 unspecified atom stereocenters. The molecule has 0 spiro atoms. The highest BCUT2D eigenvalue weighted by Crippen LogP contribution is 2.24. The lowest BCUT2D eigenvalue weighted by atomic mass is 9.97. The largest absolute Gasteiger partial charge is 0.271 e. The average Bonchev–Trinajstić information content (AvgIpc) is 2.89. The van der Waals surface area contributed by atoms with E-state index in [0.717, 1.165) is 25.1 Å². The van der Waals surface area contributed by atoms with Crippen LogP contribution in [0.2, 0.25) is 0 Å². The van der Waals surface area contributed by atoms with E-state index in [1.807, 2.05) is 16.9 Å². The third-order valence-corrected chi connectivity index (χ3v) is 3.39. The normalized spacial score (nSPS) is 12.6. The first kappa shape index (κ1) is 13.8. The molecule has 19 heavy (non-hydrogen) atoms. The third kappa shape index (κ3) is 2.85. The molecule has 3 N–H and O–H groups in total. The van der Waals surface area contributed by atoms with Gasteiger partial charge in [0.05, 0.1) is 11.7 Å². The van der Waals surface area contributed by atoms with E-state index < -0.39 is 0 Å². The molecule has 0 aliphatic rings. The molecular weight excluding hydrogens is 236 g/mol. The van der Waals surface area contributed by atoms with Gasteiger partial charge >= 0.3 is 0 Å². The van der Waals surface area contributed by atoms with Crippen molar-refractivity contribution in [2.24, 2.45) is 5.84 Å². The topological polar surface area (TPSA) is 55.9 Å². The van der Waals surface area contributed by atoms with Gasteiger partial charge in [-0.15, -0.1) is 0 Å². The van der Waals surface area contributed by atoms with Gasteiger partial charge in [-0.2, -0.15) is 5.10 Å². The van der Waals surface area contributed by atoms with Gasteiger partial charge in [-0.05, 0) is 30.0 Å². The van der Waals surface area contributed by atoms with Gasteiger partial charge in [-0.1, -0.05) is 38.1 Å². The Bertz CT molecular complexity index is 518. The molecule has 4 heteroatoms. The Labute approximate surface area is 114 Å². The van der Waals surface area contributed by atoms with E-state index in [1.54, 1.807) is 0 Å². The van der Waals surface area contributed by atoms with Crippen molar-refractivity contribution in [1.29, 1.82) is 0 Å². The van der Waals surface area contributed by atoms with Gasteiger partial charge in [0.1, 0.15) is 0 Å². The second kappa shape index (κ2) is 6.50. The second-order valence-corrected chi connectivity index (χ2v) is 4.63. The molecule has 0 radical (unpaired) electrons. The fraction of sp³-hybridized carbons (Fsp3) is 0.400. The molecule has 1 aromatic heterocycles. The maximum Gasteiger partial charge on any atom is 0.0880 e. The predicted molar refractivity (Wildman–Crippen MR) is 77.5 cm³/mol. The molecule has 102 valence electrons. The number of hydrazine groups is 1. The Balaban J connectivity index is 2.41. The number of aryl methyl sites for hydroxylation is 2. The SMILES string of the molecule is CCCn1nccc1C(NN)c1ccccc1CC. The molecule has 0 fully saturated rings. The highest BCUT2D eigenvalue weighted by atomic mass is 15.3. The first-order chi connectivity index (χ1) is 9.31. The van der Waals surface area contributed by atoms with Crippen LogP contribution in [0.15, 0.2) is 36.5 Å². The number of nitrogens with one attached hydrogen (secondary N) is 1. The molecule has 0 amide bonds. The third-order valence-electron chi connectivity index (χ3n) is 3.39. The molecule has 1 atom stereocenters. The Hall–Kier alpha value is -1.65. The molecule has 0 aliphatic heterocycles. The lowest BCUT2D eigenvalue weighted by Crippen LogP contribution is -2.31. The van der Waals surface area contributed by atoms with Crippen molar-refractivity contribution in [3.05, 3.63) is 53.3 Å². The number of nitrogens with zero attached hydrogens (tertiary/aromatic N) is 2. The minimum Gasteiger partial charge on any atom is -0.271 e. The average molecular weight is 258 g/mol. The van der Waals surface area contributed by atoms with Crippen molar-refractivity contribution < 1.29 is 0 Å². The van der Waals surface area contributed by atoms with E-state index in [0.29, 0.717) is 0 Å². The van der Waals surface area contributed by atoms with E-state index in [-0.39, 0.29) is 6.04 Å². The number of aromatic nitrogens is 2. The molecule has 2 rings (SSSR count). The summed E-state index contributed by atoms with van der Waals surface area (Å²) >= 11 is 0. The van der Waals surface area contributed by atoms with Crippen LogP contribution in [0.1, 0.15) is 43.1 Å². The maximum atomic E-state index is 5.79. The zero-order valence-electron chi connectivity index (χ0n) is 11.6. The molecule has 0 aliphatic carbocycles. The molecule has 1 aromatic carbocycles. The Morgan fingerprint density at radius 2 is 2.05 bits per heavy atom. The maximum absolute atomic E-state index is 5.79. The van der Waals surface area contributed by atoms with Crippen molar-refractivity contribution >= 4 is 0 Å². The van der Waals surface area contributed by atoms with Gasteiger partial charge in [0.25, 0.3) is 0 Å². The fourth-order valence-corrected chi connectivity index (χ4v) is 2.46. The summed E-state index contributed by atoms with van der Waals surface area (Å²) < 4.78 is 2.02. The van der Waals surface area contributed by atoms with Crippen molar-refractivity contribution in [3.63, 3.8) is 0 Å². The highest BCUT2D eigenvalue weighted by Gasteiger charge is 2.18. The number of benzene rings is 1. The lowest BCUT2D eigenvalue weighted by Gasteiger charge is -2.20. The molecule has 0 bridgehead atoms. The quantitative estimate of drug-likeness (QED) is 0.618. The number of nitrogens with two attached hydrogens (primary N) is 1. The summed E-state index contributed by atoms with van der Waals surface area (Å²) in [6.07, 6.45) is 3.89. The van der Waals surface area contributed by atoms with Crippen LogP contribution in [0, 0.1) is 0 Å². The van der Waals surface area contributed by atoms with Gasteiger partial charge in [0.15, 0.2) is 0 Å². The zero-order chi connectivity index (χ0) is 13.7. The van der Waals surface area contributed by atoms with Gasteiger partial charge in [0.2, 0.25) is 0 Å². The van der Waals surface area contributed by atoms with Crippen molar-refractivity contribution in [2.45, 2.75) is 39.3 Å². The summed E-state index contributed by atoms with van der Waals surface area (Å²) in [4.78, 5) is 0. The van der Waals surface area contributed by atoms with Gasteiger partial charge in [-0.3, -0.25) is 10.5 Å². The van der Waals surface area contributed by atoms with Crippen LogP contribution in [0.25, 0.3) is 0 Å². The number of hydrogen-bond acceptors (Lipinski definition) is 3. The van der Waals surface area contributed by atoms with E-state index in [4.69, 9.17) is 5.84 Å². The Kier molecular flexibility index (Phi) is 4.71. The van der Waals surface area contributed by atoms with Crippen LogP contribution in [-0.2, 0) is 13.0 Å². The van der Waals surface area contributed by atoms with Gasteiger partial charge in [-0.25, -0.2) is 5.43 Å². The van der Waals surface area contributed by atoms with Crippen LogP contribution in [-0.4, -0.2) is 9.78 Å². The van der Waals surface area contributed by atoms with Crippen molar-refractivity contribution in [3.8, 4) is 0 Å². The molecule has 0 saturated carbocycles.